The molecule has 7 aromatic carbocycles. The topological polar surface area (TPSA) is 43.9 Å². The molecule has 0 unspecified atom stereocenters. The van der Waals surface area contributed by atoms with Gasteiger partial charge in [-0.25, -0.2) is 0 Å². The maximum Gasteiger partial charge on any atom is 0.125 e. The van der Waals surface area contributed by atoms with Crippen LogP contribution in [0.2, 0.25) is 0 Å². The Labute approximate surface area is 377 Å². The molecule has 1 aliphatic carbocycles. The third kappa shape index (κ3) is 6.90. The summed E-state index contributed by atoms with van der Waals surface area (Å²) in [6.07, 6.45) is 1.79. The van der Waals surface area contributed by atoms with E-state index in [4.69, 9.17) is 9.40 Å². The molecule has 3 aromatic heterocycles. The van der Waals surface area contributed by atoms with Gasteiger partial charge < -0.3 is 14.0 Å². The van der Waals surface area contributed by atoms with E-state index in [9.17, 15) is 0 Å². The summed E-state index contributed by atoms with van der Waals surface area (Å²) >= 11 is 0. The molecule has 10 aromatic rings. The van der Waals surface area contributed by atoms with Crippen LogP contribution in [-0.4, -0.2) is 14.5 Å². The largest absolute Gasteiger partial charge is 0.500 e. The summed E-state index contributed by atoms with van der Waals surface area (Å²) in [5.74, 6) is 1.41. The number of fused-ring (bicyclic) bond motifs is 8. The molecule has 0 saturated carbocycles. The number of rotatable bonds is 6. The Hall–Kier alpha value is -6.39. The van der Waals surface area contributed by atoms with E-state index in [1.165, 1.54) is 50.2 Å². The molecule has 3 heterocycles. The van der Waals surface area contributed by atoms with Crippen LogP contribution in [0, 0.1) is 12.1 Å². The maximum atomic E-state index is 7.08. The standard InChI is InChI=1S/C46H39N2O.C11H8N.Ir/c1-27(2)36-25-30(29-15-8-7-9-16-29)26-37(28(3)4)42(36)48-40-22-13-12-21-39(40)47-45(48)35-19-14-18-33-34-24-23-32-31-17-10-11-20-38(31)46(5,6)41(32)44(34)49-43(33)35;1-2-6-10(7-3-1)11-8-4-5-9-12-11;/h7-18,20-28H,1-6H3;1-6,8-9H;/q2*-1;. The van der Waals surface area contributed by atoms with Gasteiger partial charge in [0.05, 0.1) is 22.4 Å². The number of hydrogen-bond acceptors (Lipinski definition) is 3. The Balaban J connectivity index is 0.000000325. The van der Waals surface area contributed by atoms with Crippen LogP contribution in [0.25, 0.3) is 83.6 Å². The van der Waals surface area contributed by atoms with E-state index >= 15 is 0 Å². The summed E-state index contributed by atoms with van der Waals surface area (Å²) in [5.41, 5.74) is 17.9. The molecule has 0 N–H and O–H groups in total. The minimum atomic E-state index is -0.185. The molecule has 0 atom stereocenters. The number of aromatic nitrogens is 3. The molecule has 0 saturated heterocycles. The second-order valence-electron chi connectivity index (χ2n) is 17.2. The normalized spacial score (nSPS) is 12.6. The summed E-state index contributed by atoms with van der Waals surface area (Å²) in [5, 5.41) is 2.22. The van der Waals surface area contributed by atoms with E-state index in [0.29, 0.717) is 0 Å². The van der Waals surface area contributed by atoms with Gasteiger partial charge in [0.25, 0.3) is 0 Å². The predicted molar refractivity (Wildman–Crippen MR) is 252 cm³/mol. The van der Waals surface area contributed by atoms with E-state index in [-0.39, 0.29) is 37.4 Å². The van der Waals surface area contributed by atoms with Crippen LogP contribution < -0.4 is 0 Å². The quantitative estimate of drug-likeness (QED) is 0.156. The minimum Gasteiger partial charge on any atom is -0.500 e. The van der Waals surface area contributed by atoms with Crippen molar-refractivity contribution < 1.29 is 24.5 Å². The average Bonchev–Trinajstić information content (AvgIpc) is 3.95. The Morgan fingerprint density at radius 2 is 1.31 bits per heavy atom. The molecule has 0 fully saturated rings. The molecule has 1 aliphatic rings. The first-order chi connectivity index (χ1) is 29.7. The van der Waals surface area contributed by atoms with Gasteiger partial charge in [0.2, 0.25) is 0 Å². The van der Waals surface area contributed by atoms with E-state index in [2.05, 4.69) is 172 Å². The van der Waals surface area contributed by atoms with Crippen LogP contribution in [-0.2, 0) is 25.5 Å². The molecule has 1 radical (unpaired) electrons. The number of imidazole rings is 1. The molecule has 0 aliphatic heterocycles. The van der Waals surface area contributed by atoms with Gasteiger partial charge in [-0.15, -0.1) is 54.1 Å². The van der Waals surface area contributed by atoms with Gasteiger partial charge in [-0.3, -0.25) is 4.98 Å². The molecular weight excluding hydrogens is 935 g/mol. The van der Waals surface area contributed by atoms with Crippen molar-refractivity contribution in [3.05, 3.63) is 198 Å². The van der Waals surface area contributed by atoms with Gasteiger partial charge in [0.1, 0.15) is 5.58 Å². The Kier molecular flexibility index (Phi) is 10.9. The van der Waals surface area contributed by atoms with E-state index in [0.717, 1.165) is 55.6 Å². The first-order valence-corrected chi connectivity index (χ1v) is 21.3. The van der Waals surface area contributed by atoms with Crippen molar-refractivity contribution in [1.82, 2.24) is 14.5 Å². The van der Waals surface area contributed by atoms with E-state index in [1.54, 1.807) is 6.20 Å². The zero-order valence-electron chi connectivity index (χ0n) is 35.8. The average molecular weight is 982 g/mol. The van der Waals surface area contributed by atoms with Gasteiger partial charge in [-0.2, -0.15) is 0 Å². The molecule has 5 heteroatoms. The summed E-state index contributed by atoms with van der Waals surface area (Å²) in [6.45, 7) is 13.8. The molecule has 307 valence electrons. The van der Waals surface area contributed by atoms with E-state index in [1.807, 2.05) is 48.5 Å². The fraction of sp³-hybridized carbons (Fsp3) is 0.158. The fourth-order valence-corrected chi connectivity index (χ4v) is 9.32. The first-order valence-electron chi connectivity index (χ1n) is 21.3. The summed E-state index contributed by atoms with van der Waals surface area (Å²) in [4.78, 5) is 9.58. The zero-order valence-corrected chi connectivity index (χ0v) is 38.2. The molecule has 4 nitrogen and oxygen atoms in total. The van der Waals surface area contributed by atoms with Crippen molar-refractivity contribution in [2.75, 3.05) is 0 Å². The van der Waals surface area contributed by atoms with Crippen molar-refractivity contribution in [2.24, 2.45) is 0 Å². The minimum absolute atomic E-state index is 0. The van der Waals surface area contributed by atoms with Gasteiger partial charge in [-0.1, -0.05) is 143 Å². The number of hydrogen-bond donors (Lipinski definition) is 0. The maximum absolute atomic E-state index is 7.08. The number of pyridine rings is 1. The molecule has 11 rings (SSSR count). The van der Waals surface area contributed by atoms with Crippen molar-refractivity contribution in [3.8, 4) is 50.6 Å². The van der Waals surface area contributed by atoms with Gasteiger partial charge in [-0.05, 0) is 86.8 Å². The van der Waals surface area contributed by atoms with Crippen LogP contribution in [0.5, 0.6) is 0 Å². The van der Waals surface area contributed by atoms with Crippen LogP contribution in [0.4, 0.5) is 0 Å². The van der Waals surface area contributed by atoms with Crippen molar-refractivity contribution in [1.29, 1.82) is 0 Å². The predicted octanol–water partition coefficient (Wildman–Crippen LogP) is 15.2. The molecule has 0 spiro atoms. The van der Waals surface area contributed by atoms with Crippen molar-refractivity contribution in [2.45, 2.75) is 58.8 Å². The molecular formula is C57H47IrN3O-2. The Morgan fingerprint density at radius 3 is 2.03 bits per heavy atom. The van der Waals surface area contributed by atoms with Crippen LogP contribution in [0.3, 0.4) is 0 Å². The van der Waals surface area contributed by atoms with Gasteiger partial charge in [0.15, 0.2) is 0 Å². The van der Waals surface area contributed by atoms with Crippen LogP contribution >= 0.6 is 0 Å². The Morgan fingerprint density at radius 1 is 0.613 bits per heavy atom. The Bertz CT molecular complexity index is 3150. The van der Waals surface area contributed by atoms with Crippen molar-refractivity contribution in [3.63, 3.8) is 0 Å². The monoisotopic (exact) mass is 982 g/mol. The first kappa shape index (κ1) is 41.0. The van der Waals surface area contributed by atoms with Gasteiger partial charge >= 0.3 is 0 Å². The SMILES string of the molecule is CC(C)c1cc(-c2ccccc2)cc(C(C)C)c1-n1c(-c2[c-]ccc3c2oc2c4c(ccc23)-c2ccccc2C4(C)C)nc2ccccc21.[Ir].[c-]1ccccc1-c1ccccn1. The smallest absolute Gasteiger partial charge is 0.125 e. The molecule has 0 bridgehead atoms. The third-order valence-corrected chi connectivity index (χ3v) is 12.3. The van der Waals surface area contributed by atoms with Crippen LogP contribution in [0.1, 0.15) is 75.6 Å². The summed E-state index contributed by atoms with van der Waals surface area (Å²) in [6, 6.07) is 61.9. The second kappa shape index (κ2) is 16.5. The fourth-order valence-electron chi connectivity index (χ4n) is 9.32. The van der Waals surface area contributed by atoms with Crippen molar-refractivity contribution >= 4 is 33.0 Å². The van der Waals surface area contributed by atoms with Crippen LogP contribution in [0.15, 0.2) is 168 Å². The second-order valence-corrected chi connectivity index (χ2v) is 17.2. The number of para-hydroxylation sites is 2. The summed E-state index contributed by atoms with van der Waals surface area (Å²) in [7, 11) is 0. The van der Waals surface area contributed by atoms with E-state index < -0.39 is 0 Å². The number of benzene rings is 7. The number of furan rings is 1. The zero-order chi connectivity index (χ0) is 41.8. The molecule has 62 heavy (non-hydrogen) atoms. The molecule has 0 amide bonds. The summed E-state index contributed by atoms with van der Waals surface area (Å²) < 4.78 is 9.47. The number of nitrogens with zero attached hydrogens (tertiary/aromatic N) is 3. The van der Waals surface area contributed by atoms with Gasteiger partial charge in [0, 0.05) is 48.4 Å². The third-order valence-electron chi connectivity index (χ3n) is 12.3.